The summed E-state index contributed by atoms with van der Waals surface area (Å²) in [6.45, 7) is 1.44. The molecule has 1 aromatic rings. The molecule has 0 aliphatic carbocycles. The molecule has 14 heavy (non-hydrogen) atoms. The average Bonchev–Trinajstić information content (AvgIpc) is 2.52. The molecule has 0 aromatic heterocycles. The van der Waals surface area contributed by atoms with E-state index < -0.39 is 0 Å². The average molecular weight is 213 g/mol. The summed E-state index contributed by atoms with van der Waals surface area (Å²) in [6.07, 6.45) is -0.325. The normalized spacial score (nSPS) is 26.4. The third-order valence-corrected chi connectivity index (χ3v) is 2.59. The summed E-state index contributed by atoms with van der Waals surface area (Å²) < 4.78 is 0. The number of β-amino-alcohol motifs (C(OH)–C–C–N with tert-alkyl or cyclic N) is 1. The highest BCUT2D eigenvalue weighted by molar-refractivity contribution is 6.30. The highest BCUT2D eigenvalue weighted by atomic mass is 35.5. The summed E-state index contributed by atoms with van der Waals surface area (Å²) in [5, 5.41) is 16.6. The van der Waals surface area contributed by atoms with E-state index in [-0.39, 0.29) is 12.1 Å². The van der Waals surface area contributed by atoms with Crippen LogP contribution in [0.1, 0.15) is 0 Å². The van der Waals surface area contributed by atoms with Gasteiger partial charge < -0.3 is 15.7 Å². The van der Waals surface area contributed by atoms with Gasteiger partial charge in [0.05, 0.1) is 12.1 Å². The molecule has 1 aromatic carbocycles. The minimum absolute atomic E-state index is 0.0773. The van der Waals surface area contributed by atoms with Crippen molar-refractivity contribution >= 4 is 17.3 Å². The summed E-state index contributed by atoms with van der Waals surface area (Å²) >= 11 is 5.85. The Kier molecular flexibility index (Phi) is 2.91. The molecule has 0 saturated carbocycles. The number of hydrogen-bond donors (Lipinski definition) is 3. The largest absolute Gasteiger partial charge is 0.390 e. The molecule has 0 radical (unpaired) electrons. The number of halogens is 1. The Labute approximate surface area is 88.1 Å². The minimum Gasteiger partial charge on any atom is -0.390 e. The van der Waals surface area contributed by atoms with E-state index in [1.807, 2.05) is 24.3 Å². The van der Waals surface area contributed by atoms with Crippen molar-refractivity contribution in [1.29, 1.82) is 0 Å². The van der Waals surface area contributed by atoms with Crippen LogP contribution in [0.3, 0.4) is 0 Å². The smallest absolute Gasteiger partial charge is 0.0877 e. The first-order valence-electron chi connectivity index (χ1n) is 4.66. The summed E-state index contributed by atoms with van der Waals surface area (Å²) in [6, 6.07) is 7.59. The van der Waals surface area contributed by atoms with Gasteiger partial charge in [-0.25, -0.2) is 0 Å². The summed E-state index contributed by atoms with van der Waals surface area (Å²) in [7, 11) is 0. The SMILES string of the molecule is O[C@H]1CNC[C@@H]1Nc1cccc(Cl)c1. The van der Waals surface area contributed by atoms with Gasteiger partial charge in [0, 0.05) is 23.8 Å². The fourth-order valence-corrected chi connectivity index (χ4v) is 1.79. The molecule has 2 rings (SSSR count). The third kappa shape index (κ3) is 2.18. The van der Waals surface area contributed by atoms with Crippen molar-refractivity contribution in [3.63, 3.8) is 0 Å². The van der Waals surface area contributed by atoms with E-state index in [0.717, 1.165) is 12.2 Å². The molecule has 4 heteroatoms. The predicted octanol–water partition coefficient (Wildman–Crippen LogP) is 1.08. The molecule has 1 aliphatic rings. The molecule has 3 N–H and O–H groups in total. The maximum absolute atomic E-state index is 9.56. The first-order chi connectivity index (χ1) is 6.75. The van der Waals surface area contributed by atoms with Crippen LogP contribution in [0.15, 0.2) is 24.3 Å². The zero-order chi connectivity index (χ0) is 9.97. The standard InChI is InChI=1S/C10H13ClN2O/c11-7-2-1-3-8(4-7)13-9-5-12-6-10(9)14/h1-4,9-10,12-14H,5-6H2/t9-,10-/m0/s1. The molecule has 2 atom stereocenters. The number of hydrogen-bond acceptors (Lipinski definition) is 3. The number of nitrogens with one attached hydrogen (secondary N) is 2. The molecule has 0 unspecified atom stereocenters. The van der Waals surface area contributed by atoms with Crippen LogP contribution in [0.5, 0.6) is 0 Å². The second-order valence-corrected chi connectivity index (χ2v) is 3.92. The van der Waals surface area contributed by atoms with Crippen molar-refractivity contribution in [1.82, 2.24) is 5.32 Å². The van der Waals surface area contributed by atoms with Crippen molar-refractivity contribution in [3.05, 3.63) is 29.3 Å². The highest BCUT2D eigenvalue weighted by Crippen LogP contribution is 2.17. The van der Waals surface area contributed by atoms with Gasteiger partial charge in [0.1, 0.15) is 0 Å². The zero-order valence-electron chi connectivity index (χ0n) is 7.70. The third-order valence-electron chi connectivity index (χ3n) is 2.36. The molecule has 1 fully saturated rings. The van der Waals surface area contributed by atoms with Gasteiger partial charge in [-0.05, 0) is 18.2 Å². The number of aliphatic hydroxyl groups is 1. The lowest BCUT2D eigenvalue weighted by atomic mass is 10.2. The molecule has 0 bridgehead atoms. The number of anilines is 1. The molecule has 0 amide bonds. The first-order valence-corrected chi connectivity index (χ1v) is 5.04. The molecular formula is C10H13ClN2O. The van der Waals surface area contributed by atoms with E-state index in [9.17, 15) is 5.11 Å². The first kappa shape index (κ1) is 9.77. The van der Waals surface area contributed by atoms with Crippen molar-refractivity contribution in [3.8, 4) is 0 Å². The van der Waals surface area contributed by atoms with Gasteiger partial charge in [-0.2, -0.15) is 0 Å². The maximum Gasteiger partial charge on any atom is 0.0877 e. The number of rotatable bonds is 2. The molecular weight excluding hydrogens is 200 g/mol. The van der Waals surface area contributed by atoms with Crippen molar-refractivity contribution in [2.45, 2.75) is 12.1 Å². The second kappa shape index (κ2) is 4.17. The van der Waals surface area contributed by atoms with Crippen molar-refractivity contribution in [2.24, 2.45) is 0 Å². The molecule has 1 heterocycles. The van der Waals surface area contributed by atoms with E-state index in [0.29, 0.717) is 11.6 Å². The van der Waals surface area contributed by atoms with Crippen LogP contribution in [-0.4, -0.2) is 30.3 Å². The summed E-state index contributed by atoms with van der Waals surface area (Å²) in [5.41, 5.74) is 0.949. The Hall–Kier alpha value is -0.770. The Morgan fingerprint density at radius 1 is 1.43 bits per heavy atom. The van der Waals surface area contributed by atoms with Gasteiger partial charge in [0.2, 0.25) is 0 Å². The van der Waals surface area contributed by atoms with Gasteiger partial charge >= 0.3 is 0 Å². The number of benzene rings is 1. The van der Waals surface area contributed by atoms with Gasteiger partial charge in [-0.15, -0.1) is 0 Å². The molecule has 0 spiro atoms. The van der Waals surface area contributed by atoms with Crippen LogP contribution < -0.4 is 10.6 Å². The Morgan fingerprint density at radius 3 is 2.93 bits per heavy atom. The van der Waals surface area contributed by atoms with Crippen LogP contribution in [0.25, 0.3) is 0 Å². The van der Waals surface area contributed by atoms with Gasteiger partial charge in [-0.1, -0.05) is 17.7 Å². The minimum atomic E-state index is -0.325. The van der Waals surface area contributed by atoms with E-state index in [1.54, 1.807) is 0 Å². The van der Waals surface area contributed by atoms with Crippen LogP contribution in [0.4, 0.5) is 5.69 Å². The number of aliphatic hydroxyl groups excluding tert-OH is 1. The lowest BCUT2D eigenvalue weighted by molar-refractivity contribution is 0.185. The van der Waals surface area contributed by atoms with Crippen molar-refractivity contribution < 1.29 is 5.11 Å². The van der Waals surface area contributed by atoms with Gasteiger partial charge in [0.25, 0.3) is 0 Å². The Morgan fingerprint density at radius 2 is 2.29 bits per heavy atom. The van der Waals surface area contributed by atoms with Gasteiger partial charge in [-0.3, -0.25) is 0 Å². The topological polar surface area (TPSA) is 44.3 Å². The van der Waals surface area contributed by atoms with E-state index in [1.165, 1.54) is 0 Å². The molecule has 76 valence electrons. The zero-order valence-corrected chi connectivity index (χ0v) is 8.46. The molecule has 1 aliphatic heterocycles. The molecule has 3 nitrogen and oxygen atoms in total. The van der Waals surface area contributed by atoms with Crippen LogP contribution >= 0.6 is 11.6 Å². The second-order valence-electron chi connectivity index (χ2n) is 3.49. The fraction of sp³-hybridized carbons (Fsp3) is 0.400. The predicted molar refractivity (Wildman–Crippen MR) is 57.7 cm³/mol. The lowest BCUT2D eigenvalue weighted by Gasteiger charge is -2.16. The molecule has 1 saturated heterocycles. The lowest BCUT2D eigenvalue weighted by Crippen LogP contribution is -2.31. The van der Waals surface area contributed by atoms with Crippen molar-refractivity contribution in [2.75, 3.05) is 18.4 Å². The van der Waals surface area contributed by atoms with Gasteiger partial charge in [0.15, 0.2) is 0 Å². The van der Waals surface area contributed by atoms with Crippen LogP contribution in [-0.2, 0) is 0 Å². The van der Waals surface area contributed by atoms with Crippen LogP contribution in [0, 0.1) is 0 Å². The van der Waals surface area contributed by atoms with E-state index in [2.05, 4.69) is 10.6 Å². The van der Waals surface area contributed by atoms with E-state index >= 15 is 0 Å². The highest BCUT2D eigenvalue weighted by Gasteiger charge is 2.24. The fourth-order valence-electron chi connectivity index (χ4n) is 1.60. The Balaban J connectivity index is 2.03. The quantitative estimate of drug-likeness (QED) is 0.688. The summed E-state index contributed by atoms with van der Waals surface area (Å²) in [4.78, 5) is 0. The maximum atomic E-state index is 9.56. The van der Waals surface area contributed by atoms with Crippen LogP contribution in [0.2, 0.25) is 5.02 Å². The Bertz CT molecular complexity index is 319. The van der Waals surface area contributed by atoms with E-state index in [4.69, 9.17) is 11.6 Å². The monoisotopic (exact) mass is 212 g/mol. The summed E-state index contributed by atoms with van der Waals surface area (Å²) in [5.74, 6) is 0.